The summed E-state index contributed by atoms with van der Waals surface area (Å²) >= 11 is 3.36. The molecule has 0 spiro atoms. The standard InChI is InChI=1S/C17H12BrNO2/c1-11-2-4-12(5-3-11)16-10-15(17(20)21-16)19-14-8-6-13(18)7-9-14/h2-10H,1H3. The number of ether oxygens (including phenoxy) is 1. The zero-order valence-electron chi connectivity index (χ0n) is 11.3. The average molecular weight is 342 g/mol. The van der Waals surface area contributed by atoms with Gasteiger partial charge in [0.2, 0.25) is 0 Å². The third kappa shape index (κ3) is 3.11. The van der Waals surface area contributed by atoms with Crippen molar-refractivity contribution < 1.29 is 9.53 Å². The first-order valence-corrected chi connectivity index (χ1v) is 7.26. The monoisotopic (exact) mass is 341 g/mol. The molecule has 2 aromatic rings. The maximum atomic E-state index is 11.9. The summed E-state index contributed by atoms with van der Waals surface area (Å²) in [6.45, 7) is 2.01. The number of aryl methyl sites for hydroxylation is 1. The summed E-state index contributed by atoms with van der Waals surface area (Å²) in [5.74, 6) is 0.115. The van der Waals surface area contributed by atoms with Crippen molar-refractivity contribution in [2.24, 2.45) is 4.99 Å². The molecule has 3 nitrogen and oxygen atoms in total. The van der Waals surface area contributed by atoms with Crippen LogP contribution in [0.4, 0.5) is 5.69 Å². The van der Waals surface area contributed by atoms with Crippen LogP contribution in [0, 0.1) is 6.92 Å². The van der Waals surface area contributed by atoms with E-state index < -0.39 is 5.97 Å². The Hall–Kier alpha value is -2.20. The Balaban J connectivity index is 1.91. The van der Waals surface area contributed by atoms with Gasteiger partial charge in [0.1, 0.15) is 5.76 Å². The molecule has 1 aliphatic rings. The molecule has 104 valence electrons. The molecular formula is C17H12BrNO2. The number of cyclic esters (lactones) is 1. The number of esters is 1. The first-order valence-electron chi connectivity index (χ1n) is 6.47. The molecule has 0 saturated carbocycles. The van der Waals surface area contributed by atoms with E-state index in [9.17, 15) is 4.79 Å². The molecule has 4 heteroatoms. The van der Waals surface area contributed by atoms with Crippen LogP contribution in [-0.2, 0) is 9.53 Å². The van der Waals surface area contributed by atoms with Gasteiger partial charge >= 0.3 is 5.97 Å². The van der Waals surface area contributed by atoms with Gasteiger partial charge in [-0.25, -0.2) is 9.79 Å². The molecule has 0 saturated heterocycles. The van der Waals surface area contributed by atoms with Gasteiger partial charge in [0.25, 0.3) is 0 Å². The Morgan fingerprint density at radius 1 is 1.00 bits per heavy atom. The van der Waals surface area contributed by atoms with Gasteiger partial charge in [0.05, 0.1) is 5.69 Å². The zero-order valence-corrected chi connectivity index (χ0v) is 12.9. The van der Waals surface area contributed by atoms with Crippen molar-refractivity contribution in [1.82, 2.24) is 0 Å². The summed E-state index contributed by atoms with van der Waals surface area (Å²) in [6.07, 6.45) is 1.68. The van der Waals surface area contributed by atoms with Crippen LogP contribution in [0.2, 0.25) is 0 Å². The summed E-state index contributed by atoms with van der Waals surface area (Å²) in [7, 11) is 0. The number of halogens is 1. The average Bonchev–Trinajstić information content (AvgIpc) is 2.83. The molecule has 0 radical (unpaired) electrons. The van der Waals surface area contributed by atoms with Crippen molar-refractivity contribution in [3.63, 3.8) is 0 Å². The van der Waals surface area contributed by atoms with Crippen molar-refractivity contribution in [2.45, 2.75) is 6.92 Å². The van der Waals surface area contributed by atoms with E-state index in [4.69, 9.17) is 4.74 Å². The molecule has 0 atom stereocenters. The molecule has 0 amide bonds. The number of carbonyl (C=O) groups excluding carboxylic acids is 1. The van der Waals surface area contributed by atoms with Crippen LogP contribution in [0.5, 0.6) is 0 Å². The topological polar surface area (TPSA) is 38.7 Å². The predicted octanol–water partition coefficient (Wildman–Crippen LogP) is 4.43. The highest BCUT2D eigenvalue weighted by Crippen LogP contribution is 2.24. The number of carbonyl (C=O) groups is 1. The second kappa shape index (κ2) is 5.66. The summed E-state index contributed by atoms with van der Waals surface area (Å²) in [5, 5.41) is 0. The van der Waals surface area contributed by atoms with E-state index in [2.05, 4.69) is 20.9 Å². The Bertz CT molecular complexity index is 743. The van der Waals surface area contributed by atoms with Gasteiger partial charge in [-0.15, -0.1) is 0 Å². The zero-order chi connectivity index (χ0) is 14.8. The van der Waals surface area contributed by atoms with Gasteiger partial charge in [-0.2, -0.15) is 0 Å². The van der Waals surface area contributed by atoms with Crippen molar-refractivity contribution in [3.8, 4) is 0 Å². The fourth-order valence-electron chi connectivity index (χ4n) is 1.96. The molecule has 0 aromatic heterocycles. The van der Waals surface area contributed by atoms with Crippen LogP contribution < -0.4 is 0 Å². The van der Waals surface area contributed by atoms with Gasteiger partial charge in [-0.3, -0.25) is 0 Å². The molecule has 1 aliphatic heterocycles. The third-order valence-electron chi connectivity index (χ3n) is 3.09. The lowest BCUT2D eigenvalue weighted by atomic mass is 10.1. The van der Waals surface area contributed by atoms with Crippen LogP contribution >= 0.6 is 15.9 Å². The summed E-state index contributed by atoms with van der Waals surface area (Å²) < 4.78 is 6.25. The molecular weight excluding hydrogens is 330 g/mol. The quantitative estimate of drug-likeness (QED) is 0.758. The Kier molecular flexibility index (Phi) is 3.71. The molecule has 1 heterocycles. The second-order valence-electron chi connectivity index (χ2n) is 4.74. The van der Waals surface area contributed by atoms with Crippen LogP contribution in [0.25, 0.3) is 5.76 Å². The first-order chi connectivity index (χ1) is 10.1. The molecule has 2 aromatic carbocycles. The van der Waals surface area contributed by atoms with Gasteiger partial charge in [0.15, 0.2) is 5.71 Å². The lowest BCUT2D eigenvalue weighted by Crippen LogP contribution is -2.06. The van der Waals surface area contributed by atoms with Gasteiger partial charge in [0, 0.05) is 16.1 Å². The summed E-state index contributed by atoms with van der Waals surface area (Å²) in [5.41, 5.74) is 3.06. The molecule has 0 unspecified atom stereocenters. The molecule has 3 rings (SSSR count). The fraction of sp³-hybridized carbons (Fsp3) is 0.0588. The molecule has 21 heavy (non-hydrogen) atoms. The van der Waals surface area contributed by atoms with Gasteiger partial charge < -0.3 is 4.74 Å². The van der Waals surface area contributed by atoms with Crippen molar-refractivity contribution in [1.29, 1.82) is 0 Å². The second-order valence-corrected chi connectivity index (χ2v) is 5.65. The minimum atomic E-state index is -0.423. The Morgan fingerprint density at radius 3 is 2.33 bits per heavy atom. The Morgan fingerprint density at radius 2 is 1.67 bits per heavy atom. The number of aliphatic imine (C=N–C) groups is 1. The van der Waals surface area contributed by atoms with E-state index in [1.807, 2.05) is 55.5 Å². The normalized spacial score (nSPS) is 16.0. The van der Waals surface area contributed by atoms with E-state index >= 15 is 0 Å². The maximum Gasteiger partial charge on any atom is 0.362 e. The minimum Gasteiger partial charge on any atom is -0.421 e. The highest BCUT2D eigenvalue weighted by molar-refractivity contribution is 9.10. The van der Waals surface area contributed by atoms with Crippen LogP contribution in [0.15, 0.2) is 64.1 Å². The highest BCUT2D eigenvalue weighted by atomic mass is 79.9. The van der Waals surface area contributed by atoms with E-state index in [0.717, 1.165) is 15.6 Å². The van der Waals surface area contributed by atoms with E-state index in [0.29, 0.717) is 17.2 Å². The first kappa shape index (κ1) is 13.8. The summed E-state index contributed by atoms with van der Waals surface area (Å²) in [4.78, 5) is 16.2. The smallest absolute Gasteiger partial charge is 0.362 e. The number of nitrogens with zero attached hydrogens (tertiary/aromatic N) is 1. The lowest BCUT2D eigenvalue weighted by Gasteiger charge is -2.01. The van der Waals surface area contributed by atoms with Gasteiger partial charge in [-0.1, -0.05) is 45.8 Å². The van der Waals surface area contributed by atoms with E-state index in [1.54, 1.807) is 6.08 Å². The van der Waals surface area contributed by atoms with Crippen molar-refractivity contribution in [3.05, 3.63) is 70.2 Å². The Labute approximate surface area is 131 Å². The van der Waals surface area contributed by atoms with Gasteiger partial charge in [-0.05, 0) is 31.2 Å². The predicted molar refractivity (Wildman–Crippen MR) is 86.5 cm³/mol. The van der Waals surface area contributed by atoms with E-state index in [1.165, 1.54) is 0 Å². The maximum absolute atomic E-state index is 11.9. The molecule has 0 fully saturated rings. The number of benzene rings is 2. The number of hydrogen-bond donors (Lipinski definition) is 0. The molecule has 0 N–H and O–H groups in total. The third-order valence-corrected chi connectivity index (χ3v) is 3.62. The van der Waals surface area contributed by atoms with E-state index in [-0.39, 0.29) is 0 Å². The number of hydrogen-bond acceptors (Lipinski definition) is 3. The minimum absolute atomic E-state index is 0.313. The molecule has 0 aliphatic carbocycles. The van der Waals surface area contributed by atoms with Crippen LogP contribution in [0.3, 0.4) is 0 Å². The SMILES string of the molecule is Cc1ccc(C2=CC(=Nc3ccc(Br)cc3)C(=O)O2)cc1. The number of rotatable bonds is 2. The highest BCUT2D eigenvalue weighted by Gasteiger charge is 2.23. The van der Waals surface area contributed by atoms with Crippen LogP contribution in [0.1, 0.15) is 11.1 Å². The molecule has 0 bridgehead atoms. The lowest BCUT2D eigenvalue weighted by molar-refractivity contribution is -0.128. The largest absolute Gasteiger partial charge is 0.421 e. The fourth-order valence-corrected chi connectivity index (χ4v) is 2.22. The van der Waals surface area contributed by atoms with Crippen LogP contribution in [-0.4, -0.2) is 11.7 Å². The van der Waals surface area contributed by atoms with Crippen molar-refractivity contribution >= 4 is 39.1 Å². The summed E-state index contributed by atoms with van der Waals surface area (Å²) in [6, 6.07) is 15.2. The van der Waals surface area contributed by atoms with Crippen molar-refractivity contribution in [2.75, 3.05) is 0 Å².